The fourth-order valence-corrected chi connectivity index (χ4v) is 4.89. The molecule has 0 unspecified atom stereocenters. The summed E-state index contributed by atoms with van der Waals surface area (Å²) in [5, 5.41) is 0. The number of benzene rings is 2. The molecule has 5 heteroatoms. The van der Waals surface area contributed by atoms with Crippen LogP contribution in [0.4, 0.5) is 0 Å². The van der Waals surface area contributed by atoms with E-state index in [2.05, 4.69) is 113 Å². The van der Waals surface area contributed by atoms with Crippen LogP contribution in [-0.2, 0) is 16.5 Å². The van der Waals surface area contributed by atoms with Crippen LogP contribution in [0.1, 0.15) is 22.8 Å². The average molecular weight is 521 g/mol. The summed E-state index contributed by atoms with van der Waals surface area (Å²) in [6, 6.07) is 33.4. The third kappa shape index (κ3) is 4.35. The molecule has 178 valence electrons. The van der Waals surface area contributed by atoms with Crippen LogP contribution in [0.3, 0.4) is 0 Å². The van der Waals surface area contributed by atoms with Gasteiger partial charge in [0.05, 0.1) is 22.8 Å². The van der Waals surface area contributed by atoms with E-state index in [9.17, 15) is 0 Å². The van der Waals surface area contributed by atoms with Crippen LogP contribution >= 0.6 is 0 Å². The second-order valence-electron chi connectivity index (χ2n) is 8.94. The van der Waals surface area contributed by atoms with Gasteiger partial charge in [-0.15, -0.1) is 0 Å². The predicted octanol–water partition coefficient (Wildman–Crippen LogP) is 7.99. The third-order valence-electron chi connectivity index (χ3n) is 6.52. The van der Waals surface area contributed by atoms with Crippen molar-refractivity contribution in [3.63, 3.8) is 0 Å². The molecule has 7 rings (SSSR count). The molecular weight excluding hydrogens is 499 g/mol. The Balaban J connectivity index is 0.00000252. The van der Waals surface area contributed by atoms with Gasteiger partial charge in [-0.3, -0.25) is 0 Å². The molecular formula is C32H22N4Ni+2. The molecule has 5 aromatic rings. The predicted molar refractivity (Wildman–Crippen MR) is 150 cm³/mol. The number of aromatic amines is 2. The van der Waals surface area contributed by atoms with Crippen molar-refractivity contribution in [3.8, 4) is 22.3 Å². The van der Waals surface area contributed by atoms with Gasteiger partial charge >= 0.3 is 16.5 Å². The molecule has 37 heavy (non-hydrogen) atoms. The first-order valence-corrected chi connectivity index (χ1v) is 12.0. The maximum Gasteiger partial charge on any atom is 2.00 e. The number of nitrogens with one attached hydrogen (secondary N) is 2. The molecule has 0 spiro atoms. The molecule has 2 N–H and O–H groups in total. The van der Waals surface area contributed by atoms with Gasteiger partial charge in [0, 0.05) is 33.2 Å². The number of aromatic nitrogens is 4. The van der Waals surface area contributed by atoms with Crippen molar-refractivity contribution >= 4 is 46.4 Å². The van der Waals surface area contributed by atoms with E-state index >= 15 is 0 Å². The maximum atomic E-state index is 4.98. The normalized spacial score (nSPS) is 11.9. The number of hydrogen-bond acceptors (Lipinski definition) is 2. The number of nitrogens with zero attached hydrogens (tertiary/aromatic N) is 2. The molecule has 2 aliphatic rings. The Kier molecular flexibility index (Phi) is 5.92. The van der Waals surface area contributed by atoms with Gasteiger partial charge in [-0.1, -0.05) is 60.7 Å². The zero-order chi connectivity index (χ0) is 23.9. The number of fused-ring (bicyclic) bond motifs is 8. The van der Waals surface area contributed by atoms with Gasteiger partial charge in [-0.2, -0.15) is 0 Å². The Morgan fingerprint density at radius 2 is 0.919 bits per heavy atom. The van der Waals surface area contributed by atoms with E-state index in [-0.39, 0.29) is 16.5 Å². The second-order valence-corrected chi connectivity index (χ2v) is 8.94. The van der Waals surface area contributed by atoms with Crippen molar-refractivity contribution in [3.05, 3.63) is 120 Å². The van der Waals surface area contributed by atoms with Crippen LogP contribution in [-0.4, -0.2) is 19.9 Å². The van der Waals surface area contributed by atoms with Crippen molar-refractivity contribution in [1.29, 1.82) is 0 Å². The summed E-state index contributed by atoms with van der Waals surface area (Å²) in [4.78, 5) is 17.2. The summed E-state index contributed by atoms with van der Waals surface area (Å²) in [5.41, 5.74) is 12.1. The SMILES string of the molecule is C1=Cc2nc1cc1nc(c(-c3ccccc3)c3ccc(cc4ccc([nH]4)c2-c2ccccc2)[nH]3)C=C1.[Ni+2]. The first-order valence-electron chi connectivity index (χ1n) is 12.0. The Morgan fingerprint density at radius 1 is 0.459 bits per heavy atom. The molecule has 0 saturated carbocycles. The molecule has 0 saturated heterocycles. The van der Waals surface area contributed by atoms with Crippen LogP contribution in [0.15, 0.2) is 97.1 Å². The van der Waals surface area contributed by atoms with Crippen LogP contribution < -0.4 is 0 Å². The summed E-state index contributed by atoms with van der Waals surface area (Å²) < 4.78 is 0. The van der Waals surface area contributed by atoms with Crippen molar-refractivity contribution in [1.82, 2.24) is 19.9 Å². The van der Waals surface area contributed by atoms with E-state index in [1.807, 2.05) is 18.2 Å². The smallest absolute Gasteiger partial charge is 0.355 e. The van der Waals surface area contributed by atoms with Crippen LogP contribution in [0.5, 0.6) is 0 Å². The van der Waals surface area contributed by atoms with Gasteiger partial charge in [0.2, 0.25) is 0 Å². The Bertz CT molecular complexity index is 1700. The topological polar surface area (TPSA) is 57.4 Å². The van der Waals surface area contributed by atoms with Gasteiger partial charge < -0.3 is 9.97 Å². The van der Waals surface area contributed by atoms with Gasteiger partial charge in [0.1, 0.15) is 0 Å². The fraction of sp³-hybridized carbons (Fsp3) is 0. The Labute approximate surface area is 224 Å². The molecule has 5 heterocycles. The summed E-state index contributed by atoms with van der Waals surface area (Å²) in [6.07, 6.45) is 8.27. The van der Waals surface area contributed by atoms with Crippen molar-refractivity contribution < 1.29 is 16.5 Å². The van der Waals surface area contributed by atoms with Crippen molar-refractivity contribution in [2.45, 2.75) is 0 Å². The quantitative estimate of drug-likeness (QED) is 0.227. The van der Waals surface area contributed by atoms with Crippen LogP contribution in [0.25, 0.3) is 68.6 Å². The van der Waals surface area contributed by atoms with E-state index < -0.39 is 0 Å². The van der Waals surface area contributed by atoms with E-state index in [0.717, 1.165) is 67.1 Å². The minimum atomic E-state index is 0. The monoisotopic (exact) mass is 520 g/mol. The standard InChI is InChI=1S/C32H22N4.Ni/c1-3-7-21(8-4-1)31-27-15-11-23(33-27)19-25-13-17-29(35-25)32(22-9-5-2-6-10-22)30-18-14-26(36-30)20-24-12-16-28(31)34-24;/h1-20,33,35H;/q;+2. The minimum Gasteiger partial charge on any atom is -0.355 e. The summed E-state index contributed by atoms with van der Waals surface area (Å²) >= 11 is 0. The van der Waals surface area contributed by atoms with E-state index in [1.165, 1.54) is 0 Å². The molecule has 2 aliphatic heterocycles. The van der Waals surface area contributed by atoms with E-state index in [4.69, 9.17) is 9.97 Å². The average Bonchev–Trinajstić information content (AvgIpc) is 3.72. The van der Waals surface area contributed by atoms with Crippen molar-refractivity contribution in [2.75, 3.05) is 0 Å². The van der Waals surface area contributed by atoms with Crippen LogP contribution in [0.2, 0.25) is 0 Å². The zero-order valence-electron chi connectivity index (χ0n) is 19.8. The molecule has 4 nitrogen and oxygen atoms in total. The number of H-pyrrole nitrogens is 2. The molecule has 0 amide bonds. The minimum absolute atomic E-state index is 0. The molecule has 3 aromatic heterocycles. The van der Waals surface area contributed by atoms with Gasteiger partial charge in [-0.25, -0.2) is 9.97 Å². The molecule has 8 bridgehead atoms. The first-order chi connectivity index (χ1) is 17.8. The molecule has 0 fully saturated rings. The van der Waals surface area contributed by atoms with Gasteiger partial charge in [0.15, 0.2) is 0 Å². The first kappa shape index (κ1) is 23.0. The summed E-state index contributed by atoms with van der Waals surface area (Å²) in [5.74, 6) is 0. The van der Waals surface area contributed by atoms with Gasteiger partial charge in [-0.05, 0) is 71.8 Å². The summed E-state index contributed by atoms with van der Waals surface area (Å²) in [7, 11) is 0. The Hall–Kier alpha value is -4.47. The molecule has 0 aliphatic carbocycles. The van der Waals surface area contributed by atoms with E-state index in [1.54, 1.807) is 0 Å². The molecule has 0 radical (unpaired) electrons. The van der Waals surface area contributed by atoms with Crippen LogP contribution in [0, 0.1) is 0 Å². The largest absolute Gasteiger partial charge is 2.00 e. The van der Waals surface area contributed by atoms with Crippen molar-refractivity contribution in [2.24, 2.45) is 0 Å². The Morgan fingerprint density at radius 3 is 1.38 bits per heavy atom. The number of hydrogen-bond donors (Lipinski definition) is 2. The number of rotatable bonds is 2. The molecule has 0 atom stereocenters. The fourth-order valence-electron chi connectivity index (χ4n) is 4.89. The zero-order valence-corrected chi connectivity index (χ0v) is 20.7. The van der Waals surface area contributed by atoms with E-state index in [0.29, 0.717) is 0 Å². The van der Waals surface area contributed by atoms with Gasteiger partial charge in [0.25, 0.3) is 0 Å². The maximum absolute atomic E-state index is 4.98. The summed E-state index contributed by atoms with van der Waals surface area (Å²) in [6.45, 7) is 0. The second kappa shape index (κ2) is 9.53. The molecule has 2 aromatic carbocycles. The third-order valence-corrected chi connectivity index (χ3v) is 6.52.